The van der Waals surface area contributed by atoms with Crippen molar-refractivity contribution in [3.63, 3.8) is 0 Å². The smallest absolute Gasteiger partial charge is 0.0592 e. The molecule has 0 fully saturated rings. The highest BCUT2D eigenvalue weighted by molar-refractivity contribution is 6.30. The summed E-state index contributed by atoms with van der Waals surface area (Å²) >= 11 is 5.80. The maximum atomic E-state index is 5.80. The Hall–Kier alpha value is -0.600. The van der Waals surface area contributed by atoms with E-state index in [0.29, 0.717) is 5.02 Å². The first kappa shape index (κ1) is 10.5. The lowest BCUT2D eigenvalue weighted by molar-refractivity contribution is 0.424. The standard InChI is InChI=1S/C10H15ClN2/c1-10(2,3)13-6-8-4-9(11)7-12-5-8/h4-5,7,13H,6H2,1-3H3. The molecule has 0 bridgehead atoms. The molecule has 0 atom stereocenters. The second kappa shape index (κ2) is 4.07. The van der Waals surface area contributed by atoms with E-state index < -0.39 is 0 Å². The van der Waals surface area contributed by atoms with Crippen molar-refractivity contribution in [1.29, 1.82) is 0 Å². The molecule has 1 rings (SSSR count). The van der Waals surface area contributed by atoms with E-state index in [2.05, 4.69) is 31.1 Å². The van der Waals surface area contributed by atoms with Crippen molar-refractivity contribution in [3.8, 4) is 0 Å². The zero-order valence-corrected chi connectivity index (χ0v) is 9.02. The lowest BCUT2D eigenvalue weighted by Crippen LogP contribution is -2.35. The molecule has 3 heteroatoms. The molecule has 0 amide bonds. The first-order chi connectivity index (χ1) is 5.97. The van der Waals surface area contributed by atoms with Gasteiger partial charge in [-0.2, -0.15) is 0 Å². The van der Waals surface area contributed by atoms with Crippen LogP contribution in [0.25, 0.3) is 0 Å². The lowest BCUT2D eigenvalue weighted by Gasteiger charge is -2.20. The minimum absolute atomic E-state index is 0.127. The zero-order chi connectivity index (χ0) is 9.90. The minimum atomic E-state index is 0.127. The second-order valence-corrected chi connectivity index (χ2v) is 4.55. The maximum absolute atomic E-state index is 5.80. The molecule has 1 aromatic rings. The molecule has 72 valence electrons. The van der Waals surface area contributed by atoms with Crippen LogP contribution in [-0.2, 0) is 6.54 Å². The van der Waals surface area contributed by atoms with Crippen LogP contribution in [0.3, 0.4) is 0 Å². The number of halogens is 1. The van der Waals surface area contributed by atoms with Crippen molar-refractivity contribution in [2.24, 2.45) is 0 Å². The summed E-state index contributed by atoms with van der Waals surface area (Å²) in [4.78, 5) is 4.01. The van der Waals surface area contributed by atoms with Gasteiger partial charge in [0, 0.05) is 24.5 Å². The third-order valence-corrected chi connectivity index (χ3v) is 1.79. The fourth-order valence-corrected chi connectivity index (χ4v) is 1.12. The van der Waals surface area contributed by atoms with Gasteiger partial charge in [0.2, 0.25) is 0 Å². The second-order valence-electron chi connectivity index (χ2n) is 4.11. The minimum Gasteiger partial charge on any atom is -0.308 e. The highest BCUT2D eigenvalue weighted by Gasteiger charge is 2.08. The largest absolute Gasteiger partial charge is 0.308 e. The van der Waals surface area contributed by atoms with Crippen molar-refractivity contribution in [3.05, 3.63) is 29.0 Å². The summed E-state index contributed by atoms with van der Waals surface area (Å²) in [6.45, 7) is 7.19. The maximum Gasteiger partial charge on any atom is 0.0592 e. The predicted molar refractivity (Wildman–Crippen MR) is 55.8 cm³/mol. The molecule has 0 radical (unpaired) electrons. The van der Waals surface area contributed by atoms with E-state index >= 15 is 0 Å². The Kier molecular flexibility index (Phi) is 3.28. The molecule has 0 saturated carbocycles. The molecule has 0 saturated heterocycles. The molecule has 0 spiro atoms. The van der Waals surface area contributed by atoms with Crippen molar-refractivity contribution in [2.45, 2.75) is 32.9 Å². The molecule has 1 N–H and O–H groups in total. The fourth-order valence-electron chi connectivity index (χ4n) is 0.920. The molecule has 0 aliphatic carbocycles. The van der Waals surface area contributed by atoms with Crippen molar-refractivity contribution < 1.29 is 0 Å². The van der Waals surface area contributed by atoms with Crippen LogP contribution in [0.5, 0.6) is 0 Å². The average Bonchev–Trinajstić information content (AvgIpc) is 2.00. The van der Waals surface area contributed by atoms with Gasteiger partial charge in [-0.1, -0.05) is 11.6 Å². The van der Waals surface area contributed by atoms with Gasteiger partial charge in [-0.05, 0) is 32.4 Å². The highest BCUT2D eigenvalue weighted by atomic mass is 35.5. The van der Waals surface area contributed by atoms with Gasteiger partial charge in [-0.15, -0.1) is 0 Å². The Morgan fingerprint density at radius 2 is 2.08 bits per heavy atom. The monoisotopic (exact) mass is 198 g/mol. The molecular formula is C10H15ClN2. The summed E-state index contributed by atoms with van der Waals surface area (Å²) in [5, 5.41) is 4.05. The quantitative estimate of drug-likeness (QED) is 0.791. The number of hydrogen-bond acceptors (Lipinski definition) is 2. The van der Waals surface area contributed by atoms with Crippen LogP contribution in [0.15, 0.2) is 18.5 Å². The van der Waals surface area contributed by atoms with E-state index in [1.807, 2.05) is 12.3 Å². The Labute approximate surface area is 84.3 Å². The van der Waals surface area contributed by atoms with Crippen LogP contribution >= 0.6 is 11.6 Å². The van der Waals surface area contributed by atoms with E-state index in [4.69, 9.17) is 11.6 Å². The zero-order valence-electron chi connectivity index (χ0n) is 8.26. The van der Waals surface area contributed by atoms with E-state index in [1.54, 1.807) is 6.20 Å². The third kappa shape index (κ3) is 4.25. The topological polar surface area (TPSA) is 24.9 Å². The number of aromatic nitrogens is 1. The van der Waals surface area contributed by atoms with E-state index in [9.17, 15) is 0 Å². The molecule has 1 aromatic heterocycles. The van der Waals surface area contributed by atoms with Crippen LogP contribution in [0.1, 0.15) is 26.3 Å². The van der Waals surface area contributed by atoms with Crippen molar-refractivity contribution >= 4 is 11.6 Å². The summed E-state index contributed by atoms with van der Waals surface area (Å²) in [6, 6.07) is 1.92. The van der Waals surface area contributed by atoms with E-state index in [-0.39, 0.29) is 5.54 Å². The van der Waals surface area contributed by atoms with Gasteiger partial charge in [0.05, 0.1) is 5.02 Å². The van der Waals surface area contributed by atoms with Gasteiger partial charge in [0.1, 0.15) is 0 Å². The molecule has 1 heterocycles. The summed E-state index contributed by atoms with van der Waals surface area (Å²) < 4.78 is 0. The molecule has 0 unspecified atom stereocenters. The summed E-state index contributed by atoms with van der Waals surface area (Å²) in [5.41, 5.74) is 1.24. The SMILES string of the molecule is CC(C)(C)NCc1cncc(Cl)c1. The van der Waals surface area contributed by atoms with Gasteiger partial charge in [-0.3, -0.25) is 4.98 Å². The lowest BCUT2D eigenvalue weighted by atomic mass is 10.1. The van der Waals surface area contributed by atoms with Gasteiger partial charge in [-0.25, -0.2) is 0 Å². The van der Waals surface area contributed by atoms with E-state index in [1.165, 1.54) is 0 Å². The van der Waals surface area contributed by atoms with Gasteiger partial charge in [0.25, 0.3) is 0 Å². The van der Waals surface area contributed by atoms with Gasteiger partial charge >= 0.3 is 0 Å². The number of hydrogen-bond donors (Lipinski definition) is 1. The predicted octanol–water partition coefficient (Wildman–Crippen LogP) is 2.62. The van der Waals surface area contributed by atoms with Crippen LogP contribution in [0.2, 0.25) is 5.02 Å². The Balaban J connectivity index is 2.55. The van der Waals surface area contributed by atoms with Crippen LogP contribution < -0.4 is 5.32 Å². The number of nitrogens with zero attached hydrogens (tertiary/aromatic N) is 1. The first-order valence-electron chi connectivity index (χ1n) is 4.32. The highest BCUT2D eigenvalue weighted by Crippen LogP contribution is 2.09. The summed E-state index contributed by atoms with van der Waals surface area (Å²) in [5.74, 6) is 0. The molecule has 0 aromatic carbocycles. The number of rotatable bonds is 2. The molecule has 0 aliphatic heterocycles. The van der Waals surface area contributed by atoms with Crippen LogP contribution in [-0.4, -0.2) is 10.5 Å². The van der Waals surface area contributed by atoms with E-state index in [0.717, 1.165) is 12.1 Å². The third-order valence-electron chi connectivity index (χ3n) is 1.58. The normalized spacial score (nSPS) is 11.7. The van der Waals surface area contributed by atoms with Gasteiger partial charge < -0.3 is 5.32 Å². The molecule has 0 aliphatic rings. The van der Waals surface area contributed by atoms with Gasteiger partial charge in [0.15, 0.2) is 0 Å². The Bertz CT molecular complexity index is 278. The molecule has 2 nitrogen and oxygen atoms in total. The summed E-state index contributed by atoms with van der Waals surface area (Å²) in [6.07, 6.45) is 3.47. The van der Waals surface area contributed by atoms with Crippen LogP contribution in [0, 0.1) is 0 Å². The van der Waals surface area contributed by atoms with Crippen molar-refractivity contribution in [2.75, 3.05) is 0 Å². The number of nitrogens with one attached hydrogen (secondary N) is 1. The fraction of sp³-hybridized carbons (Fsp3) is 0.500. The number of pyridine rings is 1. The Morgan fingerprint density at radius 3 is 2.62 bits per heavy atom. The van der Waals surface area contributed by atoms with Crippen molar-refractivity contribution in [1.82, 2.24) is 10.3 Å². The van der Waals surface area contributed by atoms with Crippen LogP contribution in [0.4, 0.5) is 0 Å². The molecular weight excluding hydrogens is 184 g/mol. The molecule has 13 heavy (non-hydrogen) atoms. The Morgan fingerprint density at radius 1 is 1.38 bits per heavy atom. The average molecular weight is 199 g/mol. The first-order valence-corrected chi connectivity index (χ1v) is 4.70. The summed E-state index contributed by atoms with van der Waals surface area (Å²) in [7, 11) is 0.